The molecule has 0 saturated carbocycles. The van der Waals surface area contributed by atoms with Crippen LogP contribution in [0.2, 0.25) is 5.02 Å². The highest BCUT2D eigenvalue weighted by molar-refractivity contribution is 6.33. The van der Waals surface area contributed by atoms with Crippen LogP contribution in [0.4, 0.5) is 4.79 Å². The van der Waals surface area contributed by atoms with E-state index in [9.17, 15) is 14.4 Å². The van der Waals surface area contributed by atoms with Gasteiger partial charge in [0.15, 0.2) is 0 Å². The van der Waals surface area contributed by atoms with Crippen molar-refractivity contribution in [2.75, 3.05) is 0 Å². The number of benzene rings is 1. The molecule has 1 aromatic carbocycles. The van der Waals surface area contributed by atoms with Gasteiger partial charge in [-0.1, -0.05) is 11.6 Å². The van der Waals surface area contributed by atoms with Crippen LogP contribution < -0.4 is 10.6 Å². The van der Waals surface area contributed by atoms with Gasteiger partial charge in [0.1, 0.15) is 17.2 Å². The maximum Gasteiger partial charge on any atom is 0.339 e. The largest absolute Gasteiger partial charge is 0.459 e. The minimum absolute atomic E-state index is 0.0909. The summed E-state index contributed by atoms with van der Waals surface area (Å²) < 4.78 is 10.8. The predicted octanol–water partition coefficient (Wildman–Crippen LogP) is 3.35. The molecule has 26 heavy (non-hydrogen) atoms. The summed E-state index contributed by atoms with van der Waals surface area (Å²) in [6.07, 6.45) is 1.14. The van der Waals surface area contributed by atoms with E-state index in [-0.39, 0.29) is 22.4 Å². The minimum atomic E-state index is -0.584. The number of ether oxygens (including phenoxy) is 1. The highest BCUT2D eigenvalue weighted by Gasteiger charge is 2.23. The quantitative estimate of drug-likeness (QED) is 0.486. The van der Waals surface area contributed by atoms with Crippen molar-refractivity contribution in [1.82, 2.24) is 10.6 Å². The SMILES string of the molecule is CC(C)OC(=O)c1cc(-c2ccc(C=C3NC(=O)NC3=O)o2)ccc1Cl. The first kappa shape index (κ1) is 17.8. The highest BCUT2D eigenvalue weighted by atomic mass is 35.5. The van der Waals surface area contributed by atoms with Gasteiger partial charge in [0.2, 0.25) is 0 Å². The lowest BCUT2D eigenvalue weighted by Crippen LogP contribution is -2.22. The van der Waals surface area contributed by atoms with Gasteiger partial charge in [-0.2, -0.15) is 0 Å². The Kier molecular flexibility index (Phi) is 4.81. The van der Waals surface area contributed by atoms with Gasteiger partial charge in [0.05, 0.1) is 16.7 Å². The minimum Gasteiger partial charge on any atom is -0.459 e. The fraction of sp³-hybridized carbons (Fsp3) is 0.167. The Morgan fingerprint density at radius 2 is 1.96 bits per heavy atom. The molecule has 1 aliphatic rings. The molecule has 2 heterocycles. The molecule has 3 rings (SSSR count). The molecule has 2 aromatic rings. The summed E-state index contributed by atoms with van der Waals surface area (Å²) in [5.41, 5.74) is 0.944. The zero-order valence-corrected chi connectivity index (χ0v) is 14.7. The van der Waals surface area contributed by atoms with Gasteiger partial charge >= 0.3 is 12.0 Å². The van der Waals surface area contributed by atoms with Gasteiger partial charge < -0.3 is 14.5 Å². The zero-order valence-electron chi connectivity index (χ0n) is 14.0. The van der Waals surface area contributed by atoms with Crippen LogP contribution >= 0.6 is 11.6 Å². The van der Waals surface area contributed by atoms with Crippen molar-refractivity contribution in [3.63, 3.8) is 0 Å². The molecule has 2 N–H and O–H groups in total. The van der Waals surface area contributed by atoms with Crippen LogP contribution in [0.1, 0.15) is 30.0 Å². The Hall–Kier alpha value is -3.06. The van der Waals surface area contributed by atoms with Gasteiger partial charge in [-0.25, -0.2) is 9.59 Å². The standard InChI is InChI=1S/C18H15ClN2O5/c1-9(2)25-17(23)12-7-10(3-5-13(12)19)15-6-4-11(26-15)8-14-16(22)21-18(24)20-14/h3-9H,1-2H3,(H2,20,21,22,24). The molecule has 7 nitrogen and oxygen atoms in total. The molecular weight excluding hydrogens is 360 g/mol. The van der Waals surface area contributed by atoms with Gasteiger partial charge in [-0.05, 0) is 44.2 Å². The third-order valence-corrected chi connectivity index (χ3v) is 3.78. The number of rotatable bonds is 4. The molecular formula is C18H15ClN2O5. The van der Waals surface area contributed by atoms with Crippen molar-refractivity contribution in [3.8, 4) is 11.3 Å². The average molecular weight is 375 g/mol. The highest BCUT2D eigenvalue weighted by Crippen LogP contribution is 2.28. The number of urea groups is 1. The van der Waals surface area contributed by atoms with E-state index in [4.69, 9.17) is 20.8 Å². The lowest BCUT2D eigenvalue weighted by Gasteiger charge is -2.10. The van der Waals surface area contributed by atoms with Crippen molar-refractivity contribution in [2.45, 2.75) is 20.0 Å². The third-order valence-electron chi connectivity index (χ3n) is 3.45. The molecule has 8 heteroatoms. The molecule has 1 fully saturated rings. The number of imide groups is 1. The van der Waals surface area contributed by atoms with Crippen molar-refractivity contribution in [2.24, 2.45) is 0 Å². The number of furan rings is 1. The van der Waals surface area contributed by atoms with Gasteiger partial charge in [-0.3, -0.25) is 10.1 Å². The summed E-state index contributed by atoms with van der Waals surface area (Å²) in [5, 5.41) is 4.75. The van der Waals surface area contributed by atoms with E-state index in [1.54, 1.807) is 44.2 Å². The van der Waals surface area contributed by atoms with Crippen molar-refractivity contribution in [3.05, 3.63) is 52.4 Å². The molecule has 0 spiro atoms. The monoisotopic (exact) mass is 374 g/mol. The summed E-state index contributed by atoms with van der Waals surface area (Å²) in [7, 11) is 0. The summed E-state index contributed by atoms with van der Waals surface area (Å²) in [6.45, 7) is 3.50. The van der Waals surface area contributed by atoms with Gasteiger partial charge in [0.25, 0.3) is 5.91 Å². The first-order valence-corrected chi connectivity index (χ1v) is 8.16. The number of nitrogens with one attached hydrogen (secondary N) is 2. The first-order valence-electron chi connectivity index (χ1n) is 7.78. The normalized spacial score (nSPS) is 15.3. The smallest absolute Gasteiger partial charge is 0.339 e. The van der Waals surface area contributed by atoms with Crippen LogP contribution in [0.25, 0.3) is 17.4 Å². The van der Waals surface area contributed by atoms with Crippen molar-refractivity contribution < 1.29 is 23.5 Å². The average Bonchev–Trinajstić information content (AvgIpc) is 3.14. The molecule has 0 radical (unpaired) electrons. The second kappa shape index (κ2) is 7.05. The lowest BCUT2D eigenvalue weighted by atomic mass is 10.1. The van der Waals surface area contributed by atoms with Crippen LogP contribution in [0.5, 0.6) is 0 Å². The van der Waals surface area contributed by atoms with Crippen molar-refractivity contribution >= 4 is 35.6 Å². The van der Waals surface area contributed by atoms with E-state index in [1.807, 2.05) is 0 Å². The fourth-order valence-corrected chi connectivity index (χ4v) is 2.52. The second-order valence-corrected chi connectivity index (χ2v) is 6.22. The maximum atomic E-state index is 12.1. The topological polar surface area (TPSA) is 97.6 Å². The van der Waals surface area contributed by atoms with Crippen LogP contribution in [0.15, 0.2) is 40.4 Å². The molecule has 0 aliphatic carbocycles. The van der Waals surface area contributed by atoms with E-state index in [0.717, 1.165) is 0 Å². The lowest BCUT2D eigenvalue weighted by molar-refractivity contribution is -0.115. The number of carbonyl (C=O) groups is 3. The summed E-state index contributed by atoms with van der Waals surface area (Å²) in [5.74, 6) is -0.213. The molecule has 1 aromatic heterocycles. The van der Waals surface area contributed by atoms with Crippen LogP contribution in [0, 0.1) is 0 Å². The maximum absolute atomic E-state index is 12.1. The number of esters is 1. The predicted molar refractivity (Wildman–Crippen MR) is 94.4 cm³/mol. The van der Waals surface area contributed by atoms with Crippen LogP contribution in [-0.4, -0.2) is 24.0 Å². The number of halogens is 1. The number of hydrogen-bond acceptors (Lipinski definition) is 5. The first-order chi connectivity index (χ1) is 12.3. The Bertz CT molecular complexity index is 929. The molecule has 0 unspecified atom stereocenters. The van der Waals surface area contributed by atoms with E-state index in [2.05, 4.69) is 10.6 Å². The van der Waals surface area contributed by atoms with Gasteiger partial charge in [0, 0.05) is 11.6 Å². The summed E-state index contributed by atoms with van der Waals surface area (Å²) in [4.78, 5) is 34.8. The second-order valence-electron chi connectivity index (χ2n) is 5.82. The van der Waals surface area contributed by atoms with Crippen LogP contribution in [0.3, 0.4) is 0 Å². The Labute approximate surface area is 154 Å². The van der Waals surface area contributed by atoms with E-state index >= 15 is 0 Å². The third kappa shape index (κ3) is 3.78. The van der Waals surface area contributed by atoms with E-state index in [0.29, 0.717) is 17.1 Å². The number of carbonyl (C=O) groups excluding carboxylic acids is 3. The van der Waals surface area contributed by atoms with Gasteiger partial charge in [-0.15, -0.1) is 0 Å². The molecule has 1 saturated heterocycles. The molecule has 1 aliphatic heterocycles. The zero-order chi connectivity index (χ0) is 18.8. The summed E-state index contributed by atoms with van der Waals surface area (Å²) >= 11 is 6.08. The summed E-state index contributed by atoms with van der Waals surface area (Å²) in [6, 6.07) is 7.60. The number of hydrogen-bond donors (Lipinski definition) is 2. The Morgan fingerprint density at radius 1 is 1.19 bits per heavy atom. The fourth-order valence-electron chi connectivity index (χ4n) is 2.32. The molecule has 3 amide bonds. The van der Waals surface area contributed by atoms with E-state index in [1.165, 1.54) is 6.08 Å². The van der Waals surface area contributed by atoms with Crippen LogP contribution in [-0.2, 0) is 9.53 Å². The Balaban J connectivity index is 1.88. The number of amides is 3. The molecule has 134 valence electrons. The molecule has 0 atom stereocenters. The molecule has 0 bridgehead atoms. The van der Waals surface area contributed by atoms with E-state index < -0.39 is 17.9 Å². The van der Waals surface area contributed by atoms with Crippen molar-refractivity contribution in [1.29, 1.82) is 0 Å². The Morgan fingerprint density at radius 3 is 2.62 bits per heavy atom.